The second kappa shape index (κ2) is 4.97. The fourth-order valence-electron chi connectivity index (χ4n) is 1.40. The van der Waals surface area contributed by atoms with Crippen molar-refractivity contribution >= 4 is 5.91 Å². The van der Waals surface area contributed by atoms with Crippen LogP contribution in [0.2, 0.25) is 0 Å². The summed E-state index contributed by atoms with van der Waals surface area (Å²) in [5.41, 5.74) is 4.93. The Balaban J connectivity index is 2.19. The zero-order chi connectivity index (χ0) is 9.68. The van der Waals surface area contributed by atoms with Gasteiger partial charge in [0.15, 0.2) is 0 Å². The number of primary amides is 1. The molecule has 1 aliphatic heterocycles. The molecule has 1 aliphatic rings. The number of halogens is 1. The van der Waals surface area contributed by atoms with Crippen molar-refractivity contribution in [1.82, 2.24) is 4.90 Å². The fourth-order valence-corrected chi connectivity index (χ4v) is 1.40. The third-order valence-corrected chi connectivity index (χ3v) is 2.16. The number of amides is 1. The van der Waals surface area contributed by atoms with Crippen molar-refractivity contribution in [2.24, 2.45) is 5.73 Å². The standard InChI is InChI=1S/C9H15FN2O/c10-8-3-6-12(7-4-8)5-1-2-9(11)13/h1-2,8H,3-7H2,(H2,11,13). The topological polar surface area (TPSA) is 46.3 Å². The zero-order valence-electron chi connectivity index (χ0n) is 7.58. The van der Waals surface area contributed by atoms with Crippen LogP contribution in [0.25, 0.3) is 0 Å². The molecule has 0 radical (unpaired) electrons. The molecular weight excluding hydrogens is 171 g/mol. The van der Waals surface area contributed by atoms with Crippen LogP contribution >= 0.6 is 0 Å². The predicted octanol–water partition coefficient (Wildman–Crippen LogP) is 0.462. The number of carbonyl (C=O) groups excluding carboxylic acids is 1. The van der Waals surface area contributed by atoms with Crippen LogP contribution in [-0.2, 0) is 4.79 Å². The number of alkyl halides is 1. The molecule has 3 nitrogen and oxygen atoms in total. The molecule has 0 bridgehead atoms. The number of rotatable bonds is 3. The molecule has 13 heavy (non-hydrogen) atoms. The lowest BCUT2D eigenvalue weighted by molar-refractivity contribution is -0.113. The Labute approximate surface area is 77.4 Å². The van der Waals surface area contributed by atoms with Crippen molar-refractivity contribution in [2.45, 2.75) is 19.0 Å². The SMILES string of the molecule is NC(=O)C=CCN1CCC(F)CC1. The monoisotopic (exact) mass is 186 g/mol. The van der Waals surface area contributed by atoms with Crippen molar-refractivity contribution < 1.29 is 9.18 Å². The highest BCUT2D eigenvalue weighted by atomic mass is 19.1. The van der Waals surface area contributed by atoms with Crippen LogP contribution in [0.15, 0.2) is 12.2 Å². The lowest BCUT2D eigenvalue weighted by Crippen LogP contribution is -2.34. The fraction of sp³-hybridized carbons (Fsp3) is 0.667. The Morgan fingerprint density at radius 1 is 1.54 bits per heavy atom. The van der Waals surface area contributed by atoms with E-state index in [0.29, 0.717) is 19.4 Å². The molecule has 0 atom stereocenters. The zero-order valence-corrected chi connectivity index (χ0v) is 7.58. The van der Waals surface area contributed by atoms with E-state index in [-0.39, 0.29) is 0 Å². The van der Waals surface area contributed by atoms with Crippen molar-refractivity contribution in [3.05, 3.63) is 12.2 Å². The van der Waals surface area contributed by atoms with Crippen molar-refractivity contribution in [3.8, 4) is 0 Å². The van der Waals surface area contributed by atoms with Gasteiger partial charge in [-0.05, 0) is 18.9 Å². The van der Waals surface area contributed by atoms with E-state index in [4.69, 9.17) is 5.73 Å². The normalized spacial score (nSPS) is 21.0. The molecule has 0 unspecified atom stereocenters. The first kappa shape index (κ1) is 10.2. The summed E-state index contributed by atoms with van der Waals surface area (Å²) in [6.07, 6.45) is 3.63. The van der Waals surface area contributed by atoms with Gasteiger partial charge in [0.05, 0.1) is 0 Å². The van der Waals surface area contributed by atoms with Gasteiger partial charge in [-0.2, -0.15) is 0 Å². The van der Waals surface area contributed by atoms with Gasteiger partial charge in [-0.1, -0.05) is 6.08 Å². The summed E-state index contributed by atoms with van der Waals surface area (Å²) < 4.78 is 12.7. The summed E-state index contributed by atoms with van der Waals surface area (Å²) in [7, 11) is 0. The minimum atomic E-state index is -0.642. The summed E-state index contributed by atoms with van der Waals surface area (Å²) in [4.78, 5) is 12.5. The molecule has 74 valence electrons. The highest BCUT2D eigenvalue weighted by Crippen LogP contribution is 2.12. The number of likely N-dealkylation sites (tertiary alicyclic amines) is 1. The quantitative estimate of drug-likeness (QED) is 0.651. The minimum absolute atomic E-state index is 0.430. The van der Waals surface area contributed by atoms with Crippen LogP contribution in [0.1, 0.15) is 12.8 Å². The average molecular weight is 186 g/mol. The highest BCUT2D eigenvalue weighted by Gasteiger charge is 2.16. The lowest BCUT2D eigenvalue weighted by Gasteiger charge is -2.27. The molecular formula is C9H15FN2O. The van der Waals surface area contributed by atoms with Gasteiger partial charge in [0.25, 0.3) is 0 Å². The van der Waals surface area contributed by atoms with Crippen molar-refractivity contribution in [2.75, 3.05) is 19.6 Å². The summed E-state index contributed by atoms with van der Waals surface area (Å²) in [6, 6.07) is 0. The number of hydrogen-bond acceptors (Lipinski definition) is 2. The Hall–Kier alpha value is -0.900. The Morgan fingerprint density at radius 3 is 2.69 bits per heavy atom. The maximum Gasteiger partial charge on any atom is 0.241 e. The molecule has 1 saturated heterocycles. The van der Waals surface area contributed by atoms with E-state index >= 15 is 0 Å². The summed E-state index contributed by atoms with van der Waals surface area (Å²) in [5.74, 6) is -0.430. The van der Waals surface area contributed by atoms with E-state index in [2.05, 4.69) is 4.90 Å². The molecule has 1 fully saturated rings. The molecule has 1 heterocycles. The first-order valence-electron chi connectivity index (χ1n) is 4.51. The van der Waals surface area contributed by atoms with Gasteiger partial charge in [0.2, 0.25) is 5.91 Å². The molecule has 0 aliphatic carbocycles. The number of hydrogen-bond donors (Lipinski definition) is 1. The molecule has 0 aromatic carbocycles. The molecule has 0 aromatic heterocycles. The summed E-state index contributed by atoms with van der Waals surface area (Å²) in [5, 5.41) is 0. The largest absolute Gasteiger partial charge is 0.366 e. The third-order valence-electron chi connectivity index (χ3n) is 2.16. The van der Waals surface area contributed by atoms with E-state index in [1.165, 1.54) is 6.08 Å². The Bertz CT molecular complexity index is 198. The molecule has 2 N–H and O–H groups in total. The first-order chi connectivity index (χ1) is 6.18. The molecule has 0 saturated carbocycles. The molecule has 1 rings (SSSR count). The van der Waals surface area contributed by atoms with E-state index < -0.39 is 12.1 Å². The Kier molecular flexibility index (Phi) is 3.89. The van der Waals surface area contributed by atoms with E-state index in [1.54, 1.807) is 6.08 Å². The van der Waals surface area contributed by atoms with Crippen LogP contribution in [0.3, 0.4) is 0 Å². The molecule has 1 amide bonds. The minimum Gasteiger partial charge on any atom is -0.366 e. The van der Waals surface area contributed by atoms with Gasteiger partial charge in [-0.15, -0.1) is 0 Å². The average Bonchev–Trinajstić information content (AvgIpc) is 2.08. The van der Waals surface area contributed by atoms with Gasteiger partial charge in [0, 0.05) is 19.6 Å². The Morgan fingerprint density at radius 2 is 2.15 bits per heavy atom. The number of nitrogens with zero attached hydrogens (tertiary/aromatic N) is 1. The molecule has 0 spiro atoms. The second-order valence-corrected chi connectivity index (χ2v) is 3.28. The van der Waals surface area contributed by atoms with Crippen molar-refractivity contribution in [3.63, 3.8) is 0 Å². The smallest absolute Gasteiger partial charge is 0.241 e. The summed E-state index contributed by atoms with van der Waals surface area (Å²) >= 11 is 0. The maximum atomic E-state index is 12.7. The molecule has 0 aromatic rings. The van der Waals surface area contributed by atoms with Crippen LogP contribution in [0, 0.1) is 0 Å². The van der Waals surface area contributed by atoms with Crippen LogP contribution in [-0.4, -0.2) is 36.6 Å². The van der Waals surface area contributed by atoms with E-state index in [0.717, 1.165) is 13.1 Å². The number of piperidine rings is 1. The van der Waals surface area contributed by atoms with Crippen molar-refractivity contribution in [1.29, 1.82) is 0 Å². The second-order valence-electron chi connectivity index (χ2n) is 3.28. The number of nitrogens with two attached hydrogens (primary N) is 1. The number of carbonyl (C=O) groups is 1. The van der Waals surface area contributed by atoms with Crippen LogP contribution < -0.4 is 5.73 Å². The highest BCUT2D eigenvalue weighted by molar-refractivity contribution is 5.85. The predicted molar refractivity (Wildman–Crippen MR) is 48.9 cm³/mol. The summed E-state index contributed by atoms with van der Waals surface area (Å²) in [6.45, 7) is 2.23. The molecule has 4 heteroatoms. The maximum absolute atomic E-state index is 12.7. The lowest BCUT2D eigenvalue weighted by atomic mass is 10.1. The van der Waals surface area contributed by atoms with E-state index in [9.17, 15) is 9.18 Å². The van der Waals surface area contributed by atoms with Gasteiger partial charge in [-0.25, -0.2) is 4.39 Å². The van der Waals surface area contributed by atoms with Gasteiger partial charge >= 0.3 is 0 Å². The van der Waals surface area contributed by atoms with Crippen LogP contribution in [0.5, 0.6) is 0 Å². The van der Waals surface area contributed by atoms with Gasteiger partial charge in [0.1, 0.15) is 6.17 Å². The van der Waals surface area contributed by atoms with Crippen LogP contribution in [0.4, 0.5) is 4.39 Å². The van der Waals surface area contributed by atoms with Gasteiger partial charge in [-0.3, -0.25) is 9.69 Å². The van der Waals surface area contributed by atoms with E-state index in [1.807, 2.05) is 0 Å². The first-order valence-corrected chi connectivity index (χ1v) is 4.51. The third kappa shape index (κ3) is 4.03. The van der Waals surface area contributed by atoms with Gasteiger partial charge < -0.3 is 5.73 Å².